The summed E-state index contributed by atoms with van der Waals surface area (Å²) >= 11 is 0. The van der Waals surface area contributed by atoms with Gasteiger partial charge in [-0.05, 0) is 65.6 Å². The summed E-state index contributed by atoms with van der Waals surface area (Å²) in [5.41, 5.74) is 5.83. The lowest BCUT2D eigenvalue weighted by Gasteiger charge is -2.45. The Hall–Kier alpha value is -5.37. The first-order chi connectivity index (χ1) is 20.8. The molecule has 212 valence electrons. The minimum atomic E-state index is -0.726. The first-order valence-electron chi connectivity index (χ1n) is 14.1. The zero-order valence-corrected chi connectivity index (χ0v) is 23.2. The van der Waals surface area contributed by atoms with Crippen molar-refractivity contribution in [3.8, 4) is 0 Å². The minimum absolute atomic E-state index is 0.135. The number of nitrogens with zero attached hydrogens (tertiary/aromatic N) is 1. The molecule has 8 heteroatoms. The lowest BCUT2D eigenvalue weighted by Crippen LogP contribution is -2.41. The van der Waals surface area contributed by atoms with Crippen molar-refractivity contribution in [1.82, 2.24) is 0 Å². The Morgan fingerprint density at radius 2 is 1.23 bits per heavy atom. The number of esters is 1. The normalized spacial score (nSPS) is 21.1. The summed E-state index contributed by atoms with van der Waals surface area (Å²) in [7, 11) is 0. The largest absolute Gasteiger partial charge is 0.452 e. The maximum atomic E-state index is 13.9. The van der Waals surface area contributed by atoms with E-state index in [0.29, 0.717) is 16.9 Å². The van der Waals surface area contributed by atoms with Crippen LogP contribution in [0.4, 0.5) is 11.4 Å². The van der Waals surface area contributed by atoms with Crippen LogP contribution in [0.3, 0.4) is 0 Å². The van der Waals surface area contributed by atoms with Crippen LogP contribution in [0, 0.1) is 11.8 Å². The molecule has 0 aromatic heterocycles. The van der Waals surface area contributed by atoms with E-state index in [0.717, 1.165) is 22.3 Å². The Labute approximate surface area is 247 Å². The topological polar surface area (TPSA) is 110 Å². The van der Waals surface area contributed by atoms with E-state index in [1.165, 1.54) is 24.0 Å². The summed E-state index contributed by atoms with van der Waals surface area (Å²) < 4.78 is 5.17. The first-order valence-corrected chi connectivity index (χ1v) is 14.1. The molecule has 1 heterocycles. The van der Waals surface area contributed by atoms with E-state index < -0.39 is 30.3 Å². The number of ketones is 1. The summed E-state index contributed by atoms with van der Waals surface area (Å²) in [6.45, 7) is 0.903. The third-order valence-electron chi connectivity index (χ3n) is 8.70. The van der Waals surface area contributed by atoms with Crippen molar-refractivity contribution in [2.24, 2.45) is 11.8 Å². The average molecular weight is 571 g/mol. The number of Topliss-reactive ketones (excluding diaryl/α,β-unsaturated/α-hetero) is 1. The van der Waals surface area contributed by atoms with Gasteiger partial charge < -0.3 is 10.1 Å². The highest BCUT2D eigenvalue weighted by Gasteiger charge is 2.61. The molecule has 1 saturated heterocycles. The number of imide groups is 1. The number of nitrogens with one attached hydrogen (secondary N) is 1. The zero-order valence-electron chi connectivity index (χ0n) is 23.2. The van der Waals surface area contributed by atoms with Crippen molar-refractivity contribution in [1.29, 1.82) is 0 Å². The van der Waals surface area contributed by atoms with Crippen molar-refractivity contribution in [2.75, 3.05) is 16.8 Å². The molecule has 8 rings (SSSR count). The molecule has 4 aromatic carbocycles. The van der Waals surface area contributed by atoms with E-state index in [2.05, 4.69) is 29.6 Å². The number of amides is 3. The van der Waals surface area contributed by atoms with Gasteiger partial charge in [0.1, 0.15) is 0 Å². The molecule has 2 atom stereocenters. The Bertz CT molecular complexity index is 1730. The number of anilines is 2. The number of benzene rings is 4. The average Bonchev–Trinajstić information content (AvgIpc) is 3.30. The molecule has 3 amide bonds. The highest BCUT2D eigenvalue weighted by Crippen LogP contribution is 2.61. The molecule has 0 unspecified atom stereocenters. The monoisotopic (exact) mass is 570 g/mol. The standard InChI is InChI=1S/C35H26N2O6/c1-19(38)21-7-6-8-22(17-21)36-28(39)18-43-35(42)20-13-15-23(16-14-20)37-33(40)31-29-24-9-2-3-10-25(24)30(32(31)34(37)41)27-12-5-4-11-26(27)29/h2-17,29-32H,18H2,1H3,(H,36,39)/t29?,30?,31-,32-/m0/s1. The molecular formula is C35H26N2O6. The molecule has 8 nitrogen and oxygen atoms in total. The molecule has 0 spiro atoms. The van der Waals surface area contributed by atoms with Crippen molar-refractivity contribution in [3.05, 3.63) is 130 Å². The third-order valence-corrected chi connectivity index (χ3v) is 8.70. The van der Waals surface area contributed by atoms with Crippen LogP contribution in [0.2, 0.25) is 0 Å². The second-order valence-corrected chi connectivity index (χ2v) is 11.1. The highest BCUT2D eigenvalue weighted by molar-refractivity contribution is 6.23. The van der Waals surface area contributed by atoms with E-state index >= 15 is 0 Å². The molecule has 3 aliphatic carbocycles. The van der Waals surface area contributed by atoms with Gasteiger partial charge in [0, 0.05) is 23.1 Å². The molecule has 1 aliphatic heterocycles. The summed E-state index contributed by atoms with van der Waals surface area (Å²) in [5, 5.41) is 2.60. The van der Waals surface area contributed by atoms with Gasteiger partial charge in [-0.3, -0.25) is 19.2 Å². The Morgan fingerprint density at radius 1 is 0.698 bits per heavy atom. The van der Waals surface area contributed by atoms with E-state index in [9.17, 15) is 24.0 Å². The summed E-state index contributed by atoms with van der Waals surface area (Å²) in [5.74, 6) is -3.30. The molecule has 1 N–H and O–H groups in total. The maximum Gasteiger partial charge on any atom is 0.338 e. The Morgan fingerprint density at radius 3 is 1.74 bits per heavy atom. The highest BCUT2D eigenvalue weighted by atomic mass is 16.5. The van der Waals surface area contributed by atoms with Crippen molar-refractivity contribution in [2.45, 2.75) is 18.8 Å². The predicted octanol–water partition coefficient (Wildman–Crippen LogP) is 5.08. The third kappa shape index (κ3) is 4.25. The second-order valence-electron chi connectivity index (χ2n) is 11.1. The zero-order chi connectivity index (χ0) is 29.8. The van der Waals surface area contributed by atoms with Crippen LogP contribution >= 0.6 is 0 Å². The number of carbonyl (C=O) groups excluding carboxylic acids is 5. The van der Waals surface area contributed by atoms with Crippen LogP contribution in [0.5, 0.6) is 0 Å². The van der Waals surface area contributed by atoms with Crippen molar-refractivity contribution >= 4 is 40.8 Å². The fraction of sp³-hybridized carbons (Fsp3) is 0.171. The first kappa shape index (κ1) is 26.5. The van der Waals surface area contributed by atoms with Crippen molar-refractivity contribution in [3.63, 3.8) is 0 Å². The van der Waals surface area contributed by atoms with Gasteiger partial charge in [0.2, 0.25) is 11.8 Å². The molecule has 43 heavy (non-hydrogen) atoms. The van der Waals surface area contributed by atoms with Crippen LogP contribution < -0.4 is 10.2 Å². The summed E-state index contributed by atoms with van der Waals surface area (Å²) in [4.78, 5) is 65.6. The lowest BCUT2D eigenvalue weighted by molar-refractivity contribution is -0.122. The van der Waals surface area contributed by atoms with E-state index in [-0.39, 0.29) is 35.0 Å². The van der Waals surface area contributed by atoms with Crippen LogP contribution in [-0.4, -0.2) is 36.1 Å². The van der Waals surface area contributed by atoms with Gasteiger partial charge in [0.05, 0.1) is 23.1 Å². The molecule has 2 bridgehead atoms. The predicted molar refractivity (Wildman–Crippen MR) is 158 cm³/mol. The van der Waals surface area contributed by atoms with Crippen LogP contribution in [-0.2, 0) is 19.1 Å². The van der Waals surface area contributed by atoms with E-state index in [4.69, 9.17) is 4.74 Å². The smallest absolute Gasteiger partial charge is 0.338 e. The maximum absolute atomic E-state index is 13.9. The number of carbonyl (C=O) groups is 5. The van der Waals surface area contributed by atoms with E-state index in [1.54, 1.807) is 36.4 Å². The van der Waals surface area contributed by atoms with Gasteiger partial charge in [0.15, 0.2) is 12.4 Å². The SMILES string of the molecule is CC(=O)c1cccc(NC(=O)COC(=O)c2ccc(N3C(=O)[C@H]4C5c6ccccc6C(c6ccccc65)[C@@H]4C3=O)cc2)c1. The van der Waals surface area contributed by atoms with Gasteiger partial charge in [0.25, 0.3) is 5.91 Å². The van der Waals surface area contributed by atoms with Gasteiger partial charge in [-0.25, -0.2) is 9.69 Å². The number of ether oxygens (including phenoxy) is 1. The second kappa shape index (κ2) is 10.2. The molecular weight excluding hydrogens is 544 g/mol. The van der Waals surface area contributed by atoms with Crippen LogP contribution in [0.25, 0.3) is 0 Å². The number of hydrogen-bond acceptors (Lipinski definition) is 6. The van der Waals surface area contributed by atoms with Crippen molar-refractivity contribution < 1.29 is 28.7 Å². The Kier molecular flexibility index (Phi) is 6.27. The molecule has 4 aromatic rings. The Balaban J connectivity index is 1.07. The lowest BCUT2D eigenvalue weighted by atomic mass is 9.55. The molecule has 0 radical (unpaired) electrons. The number of hydrogen-bond donors (Lipinski definition) is 1. The van der Waals surface area contributed by atoms with Gasteiger partial charge in [-0.15, -0.1) is 0 Å². The van der Waals surface area contributed by atoms with Gasteiger partial charge >= 0.3 is 5.97 Å². The van der Waals surface area contributed by atoms with Gasteiger partial charge in [-0.2, -0.15) is 0 Å². The molecule has 0 saturated carbocycles. The summed E-state index contributed by atoms with van der Waals surface area (Å²) in [6.07, 6.45) is 0. The van der Waals surface area contributed by atoms with Gasteiger partial charge in [-0.1, -0.05) is 60.7 Å². The number of rotatable bonds is 6. The quantitative estimate of drug-likeness (QED) is 0.197. The van der Waals surface area contributed by atoms with E-state index in [1.807, 2.05) is 24.3 Å². The van der Waals surface area contributed by atoms with Crippen LogP contribution in [0.1, 0.15) is 61.7 Å². The van der Waals surface area contributed by atoms with Crippen LogP contribution in [0.15, 0.2) is 97.1 Å². The fourth-order valence-electron chi connectivity index (χ4n) is 6.91. The summed E-state index contributed by atoms with van der Waals surface area (Å²) in [6, 6.07) is 28.7. The fourth-order valence-corrected chi connectivity index (χ4v) is 6.91. The minimum Gasteiger partial charge on any atom is -0.452 e. The molecule has 4 aliphatic rings. The molecule has 1 fully saturated rings.